The van der Waals surface area contributed by atoms with E-state index >= 15 is 0 Å². The molecule has 0 spiro atoms. The molecular weight excluding hydrogens is 222 g/mol. The molecule has 0 amide bonds. The van der Waals surface area contributed by atoms with E-state index in [1.165, 1.54) is 58.3 Å². The van der Waals surface area contributed by atoms with Crippen LogP contribution in [0, 0.1) is 5.92 Å². The standard InChI is InChI=1S/C15H29N3/c1-3-18-8-6-14(7-9-18)17(2)11-12-10-13-4-5-15(12)16-13/h12-16H,3-11H2,1-2H3. The van der Waals surface area contributed by atoms with E-state index in [1.807, 2.05) is 0 Å². The van der Waals surface area contributed by atoms with Gasteiger partial charge in [0.25, 0.3) is 0 Å². The summed E-state index contributed by atoms with van der Waals surface area (Å²) in [6, 6.07) is 2.54. The van der Waals surface area contributed by atoms with Crippen LogP contribution in [0.3, 0.4) is 0 Å². The van der Waals surface area contributed by atoms with Crippen LogP contribution in [0.1, 0.15) is 39.0 Å². The smallest absolute Gasteiger partial charge is 0.0117 e. The fourth-order valence-corrected chi connectivity index (χ4v) is 4.33. The summed E-state index contributed by atoms with van der Waals surface area (Å²) in [5.41, 5.74) is 0. The summed E-state index contributed by atoms with van der Waals surface area (Å²) < 4.78 is 0. The van der Waals surface area contributed by atoms with Crippen molar-refractivity contribution in [3.8, 4) is 0 Å². The van der Waals surface area contributed by atoms with Gasteiger partial charge in [-0.25, -0.2) is 0 Å². The first kappa shape index (κ1) is 12.9. The molecule has 104 valence electrons. The van der Waals surface area contributed by atoms with Crippen LogP contribution in [0.4, 0.5) is 0 Å². The third kappa shape index (κ3) is 2.59. The highest BCUT2D eigenvalue weighted by Gasteiger charge is 2.39. The Hall–Kier alpha value is -0.120. The van der Waals surface area contributed by atoms with Gasteiger partial charge in [0.15, 0.2) is 0 Å². The molecule has 1 N–H and O–H groups in total. The molecule has 3 aliphatic rings. The lowest BCUT2D eigenvalue weighted by Crippen LogP contribution is -2.45. The molecule has 3 aliphatic heterocycles. The number of rotatable bonds is 4. The normalized spacial score (nSPS) is 37.8. The summed E-state index contributed by atoms with van der Waals surface area (Å²) in [4.78, 5) is 5.25. The second-order valence-corrected chi connectivity index (χ2v) is 6.65. The zero-order valence-corrected chi connectivity index (χ0v) is 12.1. The Labute approximate surface area is 112 Å². The highest BCUT2D eigenvalue weighted by Crippen LogP contribution is 2.34. The SMILES string of the molecule is CCN1CCC(N(C)CC2CC3CCC2N3)CC1. The van der Waals surface area contributed by atoms with Crippen molar-refractivity contribution < 1.29 is 0 Å². The van der Waals surface area contributed by atoms with Gasteiger partial charge < -0.3 is 15.1 Å². The molecule has 0 aromatic carbocycles. The minimum absolute atomic E-state index is 0.840. The van der Waals surface area contributed by atoms with Crippen molar-refractivity contribution in [2.75, 3.05) is 33.2 Å². The molecule has 2 bridgehead atoms. The number of fused-ring (bicyclic) bond motifs is 2. The molecule has 3 heteroatoms. The molecule has 3 fully saturated rings. The predicted octanol–water partition coefficient (Wildman–Crippen LogP) is 1.54. The Bertz CT molecular complexity index is 273. The first-order valence-corrected chi connectivity index (χ1v) is 7.95. The zero-order chi connectivity index (χ0) is 12.5. The van der Waals surface area contributed by atoms with E-state index in [4.69, 9.17) is 0 Å². The quantitative estimate of drug-likeness (QED) is 0.818. The van der Waals surface area contributed by atoms with Gasteiger partial charge in [0.2, 0.25) is 0 Å². The lowest BCUT2D eigenvalue weighted by Gasteiger charge is -2.38. The van der Waals surface area contributed by atoms with Gasteiger partial charge in [-0.05, 0) is 64.7 Å². The maximum atomic E-state index is 3.77. The first-order chi connectivity index (χ1) is 8.76. The maximum absolute atomic E-state index is 3.77. The van der Waals surface area contributed by atoms with Crippen LogP contribution in [0.2, 0.25) is 0 Å². The summed E-state index contributed by atoms with van der Waals surface area (Å²) in [7, 11) is 2.36. The van der Waals surface area contributed by atoms with E-state index in [9.17, 15) is 0 Å². The van der Waals surface area contributed by atoms with Crippen LogP contribution in [0.25, 0.3) is 0 Å². The van der Waals surface area contributed by atoms with Crippen molar-refractivity contribution in [2.45, 2.75) is 57.2 Å². The fourth-order valence-electron chi connectivity index (χ4n) is 4.33. The first-order valence-electron chi connectivity index (χ1n) is 7.95. The van der Waals surface area contributed by atoms with Crippen molar-refractivity contribution in [1.29, 1.82) is 0 Å². The Kier molecular flexibility index (Phi) is 3.92. The molecule has 3 saturated heterocycles. The third-order valence-electron chi connectivity index (χ3n) is 5.58. The minimum atomic E-state index is 0.840. The molecule has 3 nitrogen and oxygen atoms in total. The molecule has 0 aliphatic carbocycles. The third-order valence-corrected chi connectivity index (χ3v) is 5.58. The molecule has 3 atom stereocenters. The van der Waals surface area contributed by atoms with Crippen LogP contribution in [0.15, 0.2) is 0 Å². The van der Waals surface area contributed by atoms with Crippen LogP contribution in [-0.4, -0.2) is 61.2 Å². The number of likely N-dealkylation sites (tertiary alicyclic amines) is 1. The summed E-state index contributed by atoms with van der Waals surface area (Å²) in [6.07, 6.45) is 7.04. The molecule has 0 radical (unpaired) electrons. The van der Waals surface area contributed by atoms with Crippen LogP contribution in [-0.2, 0) is 0 Å². The summed E-state index contributed by atoms with van der Waals surface area (Å²) in [5, 5.41) is 3.77. The molecular formula is C15H29N3. The van der Waals surface area contributed by atoms with Gasteiger partial charge in [0, 0.05) is 24.7 Å². The van der Waals surface area contributed by atoms with Gasteiger partial charge in [-0.1, -0.05) is 6.92 Å². The van der Waals surface area contributed by atoms with Crippen molar-refractivity contribution in [2.24, 2.45) is 5.92 Å². The molecule has 3 heterocycles. The topological polar surface area (TPSA) is 18.5 Å². The van der Waals surface area contributed by atoms with Crippen LogP contribution < -0.4 is 5.32 Å². The highest BCUT2D eigenvalue weighted by atomic mass is 15.2. The second kappa shape index (κ2) is 5.48. The lowest BCUT2D eigenvalue weighted by atomic mass is 9.88. The van der Waals surface area contributed by atoms with Gasteiger partial charge >= 0.3 is 0 Å². The number of hydrogen-bond donors (Lipinski definition) is 1. The van der Waals surface area contributed by atoms with Gasteiger partial charge in [-0.3, -0.25) is 0 Å². The Balaban J connectivity index is 1.46. The van der Waals surface area contributed by atoms with Crippen LogP contribution in [0.5, 0.6) is 0 Å². The van der Waals surface area contributed by atoms with E-state index in [1.54, 1.807) is 0 Å². The molecule has 3 unspecified atom stereocenters. The lowest BCUT2D eigenvalue weighted by molar-refractivity contribution is 0.114. The maximum Gasteiger partial charge on any atom is 0.0117 e. The number of nitrogens with one attached hydrogen (secondary N) is 1. The number of piperidine rings is 1. The zero-order valence-electron chi connectivity index (χ0n) is 12.1. The van der Waals surface area contributed by atoms with Crippen LogP contribution >= 0.6 is 0 Å². The monoisotopic (exact) mass is 251 g/mol. The molecule has 18 heavy (non-hydrogen) atoms. The van der Waals surface area contributed by atoms with E-state index in [-0.39, 0.29) is 0 Å². The Morgan fingerprint density at radius 3 is 2.50 bits per heavy atom. The van der Waals surface area contributed by atoms with E-state index in [0.29, 0.717) is 0 Å². The van der Waals surface area contributed by atoms with Gasteiger partial charge in [0.1, 0.15) is 0 Å². The van der Waals surface area contributed by atoms with Crippen molar-refractivity contribution in [3.63, 3.8) is 0 Å². The van der Waals surface area contributed by atoms with E-state index in [2.05, 4.69) is 29.1 Å². The van der Waals surface area contributed by atoms with Gasteiger partial charge in [-0.2, -0.15) is 0 Å². The predicted molar refractivity (Wildman–Crippen MR) is 75.8 cm³/mol. The van der Waals surface area contributed by atoms with Gasteiger partial charge in [-0.15, -0.1) is 0 Å². The Morgan fingerprint density at radius 2 is 1.94 bits per heavy atom. The number of hydrogen-bond acceptors (Lipinski definition) is 3. The van der Waals surface area contributed by atoms with E-state index < -0.39 is 0 Å². The molecule has 0 aromatic rings. The largest absolute Gasteiger partial charge is 0.311 e. The average molecular weight is 251 g/mol. The minimum Gasteiger partial charge on any atom is -0.311 e. The molecule has 0 aromatic heterocycles. The van der Waals surface area contributed by atoms with Gasteiger partial charge in [0.05, 0.1) is 0 Å². The van der Waals surface area contributed by atoms with Crippen molar-refractivity contribution in [1.82, 2.24) is 15.1 Å². The second-order valence-electron chi connectivity index (χ2n) is 6.65. The fraction of sp³-hybridized carbons (Fsp3) is 1.00. The number of nitrogens with zero attached hydrogens (tertiary/aromatic N) is 2. The van der Waals surface area contributed by atoms with E-state index in [0.717, 1.165) is 24.0 Å². The summed E-state index contributed by atoms with van der Waals surface area (Å²) >= 11 is 0. The molecule has 3 rings (SSSR count). The van der Waals surface area contributed by atoms with Crippen molar-refractivity contribution in [3.05, 3.63) is 0 Å². The Morgan fingerprint density at radius 1 is 1.17 bits per heavy atom. The highest BCUT2D eigenvalue weighted by molar-refractivity contribution is 4.98. The molecule has 0 saturated carbocycles. The summed E-state index contributed by atoms with van der Waals surface area (Å²) in [6.45, 7) is 7.45. The average Bonchev–Trinajstić information content (AvgIpc) is 3.01. The van der Waals surface area contributed by atoms with Crippen molar-refractivity contribution >= 4 is 0 Å². The summed E-state index contributed by atoms with van der Waals surface area (Å²) in [5.74, 6) is 0.929.